The Labute approximate surface area is 230 Å². The molecule has 1 fully saturated rings. The molecule has 2 unspecified atom stereocenters. The van der Waals surface area contributed by atoms with Gasteiger partial charge in [-0.05, 0) is 55.4 Å². The van der Waals surface area contributed by atoms with Gasteiger partial charge in [-0.25, -0.2) is 9.78 Å². The van der Waals surface area contributed by atoms with Crippen LogP contribution in [0.25, 0.3) is 0 Å². The highest BCUT2D eigenvalue weighted by atomic mass is 17.2. The molecule has 0 spiro atoms. The van der Waals surface area contributed by atoms with Gasteiger partial charge >= 0.3 is 0 Å². The molecule has 1 heterocycles. The van der Waals surface area contributed by atoms with E-state index in [1.54, 1.807) is 77.0 Å². The Bertz CT molecular complexity index is 367. The molecule has 232 valence electrons. The van der Waals surface area contributed by atoms with Crippen LogP contribution in [-0.2, 0) is 47.7 Å². The van der Waals surface area contributed by atoms with Crippen LogP contribution < -0.4 is 0 Å². The lowest BCUT2D eigenvalue weighted by atomic mass is 10.4. The molecule has 0 radical (unpaired) electrons. The molecule has 1 aliphatic heterocycles. The highest BCUT2D eigenvalue weighted by Crippen LogP contribution is 2.18. The van der Waals surface area contributed by atoms with Crippen LogP contribution in [0.3, 0.4) is 0 Å². The molecule has 0 saturated carbocycles. The number of epoxide rings is 1. The second kappa shape index (κ2) is 55.2. The summed E-state index contributed by atoms with van der Waals surface area (Å²) in [6.07, 6.45) is 2.85. The number of Topliss-reactive ketones (excluding diaryl/α,β-unsaturated/α-hetero) is 1. The minimum Gasteiger partial charge on any atom is -0.502 e. The molecule has 1 saturated heterocycles. The summed E-state index contributed by atoms with van der Waals surface area (Å²) in [6.45, 7) is 21.4. The Morgan fingerprint density at radius 2 is 0.865 bits per heavy atom. The van der Waals surface area contributed by atoms with Crippen LogP contribution in [0.2, 0.25) is 0 Å². The maximum Gasteiger partial charge on any atom is 0.161 e. The molecule has 0 bridgehead atoms. The van der Waals surface area contributed by atoms with E-state index in [1.807, 2.05) is 20.8 Å². The number of allylic oxidation sites excluding steroid dienone is 2. The minimum absolute atomic E-state index is 0.167. The third kappa shape index (κ3) is 198. The minimum atomic E-state index is -0.417. The number of hydrogen-bond acceptors (Lipinski definition) is 10. The van der Waals surface area contributed by atoms with Crippen LogP contribution in [0.4, 0.5) is 0 Å². The molecule has 0 aromatic rings. The zero-order valence-electron chi connectivity index (χ0n) is 27.7. The molecule has 1 rings (SSSR count). The van der Waals surface area contributed by atoms with Crippen molar-refractivity contribution in [1.29, 1.82) is 0 Å². The van der Waals surface area contributed by atoms with Crippen molar-refractivity contribution in [2.24, 2.45) is 0 Å². The highest BCUT2D eigenvalue weighted by Gasteiger charge is 2.27. The van der Waals surface area contributed by atoms with E-state index in [4.69, 9.17) is 14.2 Å². The summed E-state index contributed by atoms with van der Waals surface area (Å²) in [7, 11) is 17.5. The third-order valence-corrected chi connectivity index (χ3v) is 2.51. The predicted molar refractivity (Wildman–Crippen MR) is 155 cm³/mol. The standard InChI is InChI=1S/C5H12O2.2C4H8O.C3H6O.C3H6.C2H6O2.3C2H6O/c1-5(2,6-3)7-4;1-3-4(2)5-3;1-4(2)5-3;1-3(2)4;1-3-2;1-3-4-2;3*1-3-2/h1-4H3;3-4H,1-2H3;1H2,2-3H3;1-2H3;3H,1H2,2H3;1-2H3;3*1-2H3. The Kier molecular flexibility index (Phi) is 83.5. The normalized spacial score (nSPS) is 13.2. The number of rotatable bonds is 4. The number of ether oxygens (including phenoxy) is 7. The van der Waals surface area contributed by atoms with E-state index in [-0.39, 0.29) is 5.78 Å². The van der Waals surface area contributed by atoms with E-state index in [9.17, 15) is 4.79 Å². The molecule has 0 amide bonds. The lowest BCUT2D eigenvalue weighted by Crippen LogP contribution is -2.24. The van der Waals surface area contributed by atoms with E-state index >= 15 is 0 Å². The number of carbonyl (C=O) groups is 1. The zero-order valence-corrected chi connectivity index (χ0v) is 27.7. The van der Waals surface area contributed by atoms with E-state index < -0.39 is 5.79 Å². The molecule has 1 aliphatic rings. The van der Waals surface area contributed by atoms with Gasteiger partial charge in [-0.3, -0.25) is 0 Å². The van der Waals surface area contributed by atoms with E-state index in [2.05, 4.69) is 55.7 Å². The van der Waals surface area contributed by atoms with Crippen molar-refractivity contribution in [2.75, 3.05) is 78.2 Å². The summed E-state index contributed by atoms with van der Waals surface area (Å²) in [5.41, 5.74) is 0. The van der Waals surface area contributed by atoms with Gasteiger partial charge in [0, 0.05) is 56.9 Å². The van der Waals surface area contributed by atoms with Crippen molar-refractivity contribution >= 4 is 5.78 Å². The lowest BCUT2D eigenvalue weighted by Gasteiger charge is -2.19. The maximum atomic E-state index is 9.44. The smallest absolute Gasteiger partial charge is 0.161 e. The summed E-state index contributed by atoms with van der Waals surface area (Å²) < 4.78 is 32.0. The Hall–Kier alpha value is -1.37. The first-order chi connectivity index (χ1) is 17.0. The second-order valence-corrected chi connectivity index (χ2v) is 7.14. The molecule has 2 atom stereocenters. The zero-order chi connectivity index (χ0) is 31.9. The van der Waals surface area contributed by atoms with Crippen LogP contribution in [0.5, 0.6) is 0 Å². The van der Waals surface area contributed by atoms with Crippen LogP contribution in [0.1, 0.15) is 55.4 Å². The fraction of sp³-hybridized carbons (Fsp3) is 0.815. The summed E-state index contributed by atoms with van der Waals surface area (Å²) >= 11 is 0. The molecule has 0 aromatic carbocycles. The first kappa shape index (κ1) is 56.0. The van der Waals surface area contributed by atoms with Crippen molar-refractivity contribution < 1.29 is 47.7 Å². The van der Waals surface area contributed by atoms with Gasteiger partial charge in [0.25, 0.3) is 0 Å². The number of carbonyl (C=O) groups excluding carboxylic acids is 1. The Morgan fingerprint density at radius 1 is 0.730 bits per heavy atom. The first-order valence-corrected chi connectivity index (χ1v) is 11.3. The van der Waals surface area contributed by atoms with Crippen LogP contribution >= 0.6 is 0 Å². The quantitative estimate of drug-likeness (QED) is 0.108. The van der Waals surface area contributed by atoms with E-state index in [0.717, 1.165) is 5.76 Å². The van der Waals surface area contributed by atoms with Gasteiger partial charge in [0.15, 0.2) is 5.79 Å². The lowest BCUT2D eigenvalue weighted by molar-refractivity contribution is -0.248. The van der Waals surface area contributed by atoms with Gasteiger partial charge in [0.1, 0.15) is 5.78 Å². The molecular weight excluding hydrogens is 484 g/mol. The largest absolute Gasteiger partial charge is 0.502 e. The molecule has 0 aromatic heterocycles. The van der Waals surface area contributed by atoms with Crippen LogP contribution in [0, 0.1) is 0 Å². The van der Waals surface area contributed by atoms with Crippen molar-refractivity contribution in [3.05, 3.63) is 25.0 Å². The fourth-order valence-corrected chi connectivity index (χ4v) is 0.377. The summed E-state index contributed by atoms with van der Waals surface area (Å²) in [4.78, 5) is 17.5. The first-order valence-electron chi connectivity index (χ1n) is 11.3. The SMILES string of the molecule is C=C(C)OC.C=CC.CC(C)=O.CC1OC1C.COC.COC.COC.COC(C)(C)OC.COOC. The molecule has 0 N–H and O–H groups in total. The monoisotopic (exact) mass is 548 g/mol. The van der Waals surface area contributed by atoms with Crippen molar-refractivity contribution in [2.45, 2.75) is 73.4 Å². The van der Waals surface area contributed by atoms with Crippen LogP contribution in [-0.4, -0.2) is 102 Å². The van der Waals surface area contributed by atoms with E-state index in [0.29, 0.717) is 12.2 Å². The van der Waals surface area contributed by atoms with Crippen molar-refractivity contribution in [1.82, 2.24) is 0 Å². The third-order valence-electron chi connectivity index (χ3n) is 2.51. The molecular formula is C27H64O10. The molecule has 10 heteroatoms. The van der Waals surface area contributed by atoms with Gasteiger partial charge in [-0.2, -0.15) is 0 Å². The summed E-state index contributed by atoms with van der Waals surface area (Å²) in [5.74, 6) is 0.505. The number of hydrogen-bond donors (Lipinski definition) is 0. The van der Waals surface area contributed by atoms with Gasteiger partial charge in [-0.15, -0.1) is 6.58 Å². The number of methoxy groups -OCH3 is 6. The average molecular weight is 549 g/mol. The highest BCUT2D eigenvalue weighted by molar-refractivity contribution is 5.72. The van der Waals surface area contributed by atoms with Crippen LogP contribution in [0.15, 0.2) is 25.0 Å². The molecule has 37 heavy (non-hydrogen) atoms. The average Bonchev–Trinajstić information content (AvgIpc) is 3.48. The van der Waals surface area contributed by atoms with Gasteiger partial charge in [0.2, 0.25) is 0 Å². The van der Waals surface area contributed by atoms with Gasteiger partial charge in [-0.1, -0.05) is 12.7 Å². The van der Waals surface area contributed by atoms with Crippen molar-refractivity contribution in [3.8, 4) is 0 Å². The Morgan fingerprint density at radius 3 is 0.865 bits per heavy atom. The maximum absolute atomic E-state index is 9.44. The van der Waals surface area contributed by atoms with Crippen molar-refractivity contribution in [3.63, 3.8) is 0 Å². The van der Waals surface area contributed by atoms with E-state index in [1.165, 1.54) is 28.1 Å². The van der Waals surface area contributed by atoms with Gasteiger partial charge < -0.3 is 38.0 Å². The second-order valence-electron chi connectivity index (χ2n) is 7.14. The molecule has 10 nitrogen and oxygen atoms in total. The number of ketones is 1. The predicted octanol–water partition coefficient (Wildman–Crippen LogP) is 5.74. The van der Waals surface area contributed by atoms with Gasteiger partial charge in [0.05, 0.1) is 39.3 Å². The topological polar surface area (TPSA) is 103 Å². The fourth-order valence-electron chi connectivity index (χ4n) is 0.377. The summed E-state index contributed by atoms with van der Waals surface area (Å²) in [6, 6.07) is 0. The summed E-state index contributed by atoms with van der Waals surface area (Å²) in [5, 5.41) is 0. The molecule has 0 aliphatic carbocycles. The Balaban J connectivity index is -0.0000000434.